The molecule has 0 unspecified atom stereocenters. The molecule has 4 rings (SSSR count). The molecule has 0 saturated carbocycles. The van der Waals surface area contributed by atoms with Crippen LogP contribution >= 0.6 is 11.3 Å². The summed E-state index contributed by atoms with van der Waals surface area (Å²) in [6.45, 7) is 6.07. The highest BCUT2D eigenvalue weighted by Crippen LogP contribution is 2.39. The molecule has 152 valence electrons. The molecule has 0 fully saturated rings. The molecule has 0 atom stereocenters. The van der Waals surface area contributed by atoms with Gasteiger partial charge in [-0.2, -0.15) is 0 Å². The molecule has 1 aliphatic rings. The summed E-state index contributed by atoms with van der Waals surface area (Å²) < 4.78 is 11.4. The Morgan fingerprint density at radius 1 is 1.13 bits per heavy atom. The molecular weight excluding hydrogens is 396 g/mol. The molecule has 0 spiro atoms. The van der Waals surface area contributed by atoms with Crippen LogP contribution in [0.15, 0.2) is 59.7 Å². The molecule has 0 N–H and O–H groups in total. The van der Waals surface area contributed by atoms with Gasteiger partial charge in [0.05, 0.1) is 12.0 Å². The van der Waals surface area contributed by atoms with Crippen LogP contribution in [0.4, 0.5) is 0 Å². The van der Waals surface area contributed by atoms with E-state index >= 15 is 0 Å². The van der Waals surface area contributed by atoms with Crippen molar-refractivity contribution in [1.82, 2.24) is 0 Å². The molecule has 2 heterocycles. The molecule has 0 bridgehead atoms. The van der Waals surface area contributed by atoms with Crippen molar-refractivity contribution in [1.29, 1.82) is 0 Å². The highest BCUT2D eigenvalue weighted by molar-refractivity contribution is 7.10. The SMILES string of the molecule is Cc1c(OC(=O)Cc2cccs2)ccc2c1O/C(=C\c1ccc(C(C)C)cc1)C2=O. The van der Waals surface area contributed by atoms with Crippen molar-refractivity contribution in [2.45, 2.75) is 33.1 Å². The number of ketones is 1. The summed E-state index contributed by atoms with van der Waals surface area (Å²) in [5.41, 5.74) is 3.26. The molecule has 2 aromatic carbocycles. The Bertz CT molecular complexity index is 1120. The maximum Gasteiger partial charge on any atom is 0.316 e. The molecule has 1 aliphatic heterocycles. The minimum Gasteiger partial charge on any atom is -0.452 e. The summed E-state index contributed by atoms with van der Waals surface area (Å²) in [4.78, 5) is 26.0. The van der Waals surface area contributed by atoms with Gasteiger partial charge in [-0.1, -0.05) is 44.2 Å². The Kier molecular flexibility index (Phi) is 5.55. The second-order valence-corrected chi connectivity index (χ2v) is 8.59. The number of allylic oxidation sites excluding steroid dienone is 1. The van der Waals surface area contributed by atoms with Crippen LogP contribution in [-0.4, -0.2) is 11.8 Å². The van der Waals surface area contributed by atoms with E-state index in [1.807, 2.05) is 29.6 Å². The molecule has 3 aromatic rings. The van der Waals surface area contributed by atoms with Gasteiger partial charge in [0, 0.05) is 10.4 Å². The number of Topliss-reactive ketones (excluding diaryl/α,β-unsaturated/α-hetero) is 1. The van der Waals surface area contributed by atoms with Crippen LogP contribution in [0.1, 0.15) is 51.7 Å². The van der Waals surface area contributed by atoms with Gasteiger partial charge < -0.3 is 9.47 Å². The monoisotopic (exact) mass is 418 g/mol. The van der Waals surface area contributed by atoms with Gasteiger partial charge in [0.2, 0.25) is 5.78 Å². The van der Waals surface area contributed by atoms with Crippen LogP contribution in [0.2, 0.25) is 0 Å². The van der Waals surface area contributed by atoms with Crippen molar-refractivity contribution in [2.75, 3.05) is 0 Å². The van der Waals surface area contributed by atoms with Gasteiger partial charge in [-0.25, -0.2) is 0 Å². The van der Waals surface area contributed by atoms with Crippen molar-refractivity contribution < 1.29 is 19.1 Å². The summed E-state index contributed by atoms with van der Waals surface area (Å²) in [5, 5.41) is 1.92. The first-order valence-electron chi connectivity index (χ1n) is 9.83. The lowest BCUT2D eigenvalue weighted by molar-refractivity contribution is -0.133. The maximum absolute atomic E-state index is 12.8. The third-order valence-electron chi connectivity index (χ3n) is 5.06. The quantitative estimate of drug-likeness (QED) is 0.292. The number of carbonyl (C=O) groups excluding carboxylic acids is 2. The lowest BCUT2D eigenvalue weighted by atomic mass is 10.0. The average Bonchev–Trinajstić information content (AvgIpc) is 3.33. The van der Waals surface area contributed by atoms with Gasteiger partial charge in [0.25, 0.3) is 0 Å². The van der Waals surface area contributed by atoms with E-state index in [9.17, 15) is 9.59 Å². The standard InChI is InChI=1S/C25H22O4S/c1-15(2)18-8-6-17(7-9-18)13-22-24(27)20-10-11-21(16(3)25(20)29-22)28-23(26)14-19-5-4-12-30-19/h4-13,15H,14H2,1-3H3/b22-13-. The van der Waals surface area contributed by atoms with E-state index < -0.39 is 0 Å². The number of thiophene rings is 1. The molecule has 0 amide bonds. The molecule has 4 nitrogen and oxygen atoms in total. The normalized spacial score (nSPS) is 14.1. The number of hydrogen-bond acceptors (Lipinski definition) is 5. The first-order chi connectivity index (χ1) is 14.4. The number of ether oxygens (including phenoxy) is 2. The molecule has 0 saturated heterocycles. The molecule has 0 aliphatic carbocycles. The summed E-state index contributed by atoms with van der Waals surface area (Å²) in [6, 6.07) is 15.2. The molecule has 1 aromatic heterocycles. The molecule has 5 heteroatoms. The van der Waals surface area contributed by atoms with E-state index in [4.69, 9.17) is 9.47 Å². The zero-order valence-corrected chi connectivity index (χ0v) is 17.9. The summed E-state index contributed by atoms with van der Waals surface area (Å²) in [7, 11) is 0. The number of esters is 1. The predicted molar refractivity (Wildman–Crippen MR) is 118 cm³/mol. The first-order valence-corrected chi connectivity index (χ1v) is 10.7. The number of rotatable bonds is 5. The van der Waals surface area contributed by atoms with Crippen LogP contribution in [0.25, 0.3) is 6.08 Å². The zero-order valence-electron chi connectivity index (χ0n) is 17.1. The van der Waals surface area contributed by atoms with Crippen LogP contribution < -0.4 is 9.47 Å². The second-order valence-electron chi connectivity index (χ2n) is 7.56. The third-order valence-corrected chi connectivity index (χ3v) is 5.94. The second kappa shape index (κ2) is 8.28. The summed E-state index contributed by atoms with van der Waals surface area (Å²) in [6.07, 6.45) is 1.96. The van der Waals surface area contributed by atoms with E-state index in [1.165, 1.54) is 16.9 Å². The van der Waals surface area contributed by atoms with Crippen LogP contribution in [0.5, 0.6) is 11.5 Å². The Morgan fingerprint density at radius 2 is 1.90 bits per heavy atom. The molecule has 0 radical (unpaired) electrons. The van der Waals surface area contributed by atoms with E-state index in [0.29, 0.717) is 28.5 Å². The summed E-state index contributed by atoms with van der Waals surface area (Å²) in [5.74, 6) is 1.07. The van der Waals surface area contributed by atoms with E-state index in [1.54, 1.807) is 25.1 Å². The fraction of sp³-hybridized carbons (Fsp3) is 0.200. The Labute approximate surface area is 179 Å². The average molecular weight is 419 g/mol. The van der Waals surface area contributed by atoms with Crippen molar-refractivity contribution in [3.8, 4) is 11.5 Å². The Morgan fingerprint density at radius 3 is 2.57 bits per heavy atom. The van der Waals surface area contributed by atoms with Crippen molar-refractivity contribution in [3.63, 3.8) is 0 Å². The van der Waals surface area contributed by atoms with Crippen molar-refractivity contribution >= 4 is 29.2 Å². The van der Waals surface area contributed by atoms with Gasteiger partial charge in [-0.3, -0.25) is 9.59 Å². The van der Waals surface area contributed by atoms with Gasteiger partial charge >= 0.3 is 5.97 Å². The Hall–Kier alpha value is -3.18. The predicted octanol–water partition coefficient (Wildman–Crippen LogP) is 5.94. The topological polar surface area (TPSA) is 52.6 Å². The number of carbonyl (C=O) groups is 2. The van der Waals surface area contributed by atoms with Gasteiger partial charge in [0.1, 0.15) is 11.5 Å². The van der Waals surface area contributed by atoms with Gasteiger partial charge in [-0.15, -0.1) is 11.3 Å². The van der Waals surface area contributed by atoms with Crippen LogP contribution in [0.3, 0.4) is 0 Å². The third kappa shape index (κ3) is 4.07. The lowest BCUT2D eigenvalue weighted by Crippen LogP contribution is -2.11. The number of benzene rings is 2. The fourth-order valence-corrected chi connectivity index (χ4v) is 4.01. The molecule has 30 heavy (non-hydrogen) atoms. The minimum atomic E-state index is -0.342. The maximum atomic E-state index is 12.8. The number of hydrogen-bond donors (Lipinski definition) is 0. The van der Waals surface area contributed by atoms with E-state index in [0.717, 1.165) is 10.4 Å². The fourth-order valence-electron chi connectivity index (χ4n) is 3.32. The van der Waals surface area contributed by atoms with Gasteiger partial charge in [0.15, 0.2) is 5.76 Å². The lowest BCUT2D eigenvalue weighted by Gasteiger charge is -2.09. The number of fused-ring (bicyclic) bond motifs is 1. The first kappa shape index (κ1) is 20.1. The minimum absolute atomic E-state index is 0.169. The van der Waals surface area contributed by atoms with Crippen LogP contribution in [0, 0.1) is 6.92 Å². The molecular formula is C25H22O4S. The van der Waals surface area contributed by atoms with E-state index in [-0.39, 0.29) is 23.9 Å². The van der Waals surface area contributed by atoms with Crippen molar-refractivity contribution in [3.05, 3.63) is 86.8 Å². The zero-order chi connectivity index (χ0) is 21.3. The van der Waals surface area contributed by atoms with Gasteiger partial charge in [-0.05, 0) is 53.6 Å². The Balaban J connectivity index is 1.54. The highest BCUT2D eigenvalue weighted by Gasteiger charge is 2.30. The highest BCUT2D eigenvalue weighted by atomic mass is 32.1. The smallest absolute Gasteiger partial charge is 0.316 e. The van der Waals surface area contributed by atoms with Crippen LogP contribution in [-0.2, 0) is 11.2 Å². The van der Waals surface area contributed by atoms with E-state index in [2.05, 4.69) is 26.0 Å². The largest absolute Gasteiger partial charge is 0.452 e. The van der Waals surface area contributed by atoms with Crippen molar-refractivity contribution in [2.24, 2.45) is 0 Å². The summed E-state index contributed by atoms with van der Waals surface area (Å²) >= 11 is 1.51.